The number of nitrogens with one attached hydrogen (secondary N) is 1. The van der Waals surface area contributed by atoms with Crippen molar-refractivity contribution in [3.8, 4) is 0 Å². The summed E-state index contributed by atoms with van der Waals surface area (Å²) in [6, 6.07) is 0. The largest absolute Gasteiger partial charge is 0.378 e. The molecule has 0 unspecified atom stereocenters. The molecule has 0 aliphatic carbocycles. The van der Waals surface area contributed by atoms with Crippen LogP contribution in [0.15, 0.2) is 9.52 Å². The van der Waals surface area contributed by atoms with Crippen molar-refractivity contribution in [3.63, 3.8) is 0 Å². The third kappa shape index (κ3) is 5.20. The molecule has 0 aromatic carbocycles. The Kier molecular flexibility index (Phi) is 6.83. The monoisotopic (exact) mass is 323 g/mol. The van der Waals surface area contributed by atoms with E-state index >= 15 is 0 Å². The van der Waals surface area contributed by atoms with Gasteiger partial charge in [-0.3, -0.25) is 4.99 Å². The molecule has 1 fully saturated rings. The summed E-state index contributed by atoms with van der Waals surface area (Å²) in [5.41, 5.74) is 0. The zero-order valence-electron chi connectivity index (χ0n) is 14.7. The number of piperidine rings is 1. The summed E-state index contributed by atoms with van der Waals surface area (Å²) >= 11 is 0. The fourth-order valence-electron chi connectivity index (χ4n) is 2.69. The molecular weight excluding hydrogens is 294 g/mol. The maximum absolute atomic E-state index is 5.69. The third-order valence-corrected chi connectivity index (χ3v) is 3.98. The van der Waals surface area contributed by atoms with Crippen molar-refractivity contribution in [2.75, 3.05) is 33.3 Å². The molecule has 0 radical (unpaired) electrons. The molecule has 1 aromatic heterocycles. The highest BCUT2D eigenvalue weighted by Gasteiger charge is 2.21. The molecule has 0 amide bonds. The fraction of sp³-hybridized carbons (Fsp3) is 0.812. The van der Waals surface area contributed by atoms with Gasteiger partial charge < -0.3 is 19.5 Å². The van der Waals surface area contributed by atoms with Crippen LogP contribution in [0.5, 0.6) is 0 Å². The topological polar surface area (TPSA) is 75.8 Å². The highest BCUT2D eigenvalue weighted by molar-refractivity contribution is 5.79. The van der Waals surface area contributed by atoms with E-state index in [1.807, 2.05) is 7.05 Å². The molecule has 1 aliphatic rings. The Balaban J connectivity index is 1.75. The number of hydrogen-bond donors (Lipinski definition) is 1. The lowest BCUT2D eigenvalue weighted by Gasteiger charge is -2.34. The molecule has 1 aromatic rings. The van der Waals surface area contributed by atoms with E-state index in [1.165, 1.54) is 0 Å². The van der Waals surface area contributed by atoms with Crippen LogP contribution < -0.4 is 5.32 Å². The standard InChI is InChI=1S/C16H29N5O2/c1-5-22-13-7-10-21(11-8-13)16(17-4)18-9-6-14-19-15(12(2)3)20-23-14/h12-13H,5-11H2,1-4H3,(H,17,18). The Hall–Kier alpha value is -1.63. The average Bonchev–Trinajstić information content (AvgIpc) is 3.02. The Morgan fingerprint density at radius 1 is 1.43 bits per heavy atom. The van der Waals surface area contributed by atoms with Gasteiger partial charge in [-0.05, 0) is 19.8 Å². The Morgan fingerprint density at radius 2 is 2.17 bits per heavy atom. The SMILES string of the molecule is CCOC1CCN(C(=NC)NCCc2nc(C(C)C)no2)CC1. The van der Waals surface area contributed by atoms with Crippen LogP contribution >= 0.6 is 0 Å². The van der Waals surface area contributed by atoms with Gasteiger partial charge in [0.25, 0.3) is 0 Å². The number of likely N-dealkylation sites (tertiary alicyclic amines) is 1. The zero-order valence-corrected chi connectivity index (χ0v) is 14.7. The Bertz CT molecular complexity index is 492. The second kappa shape index (κ2) is 8.86. The Morgan fingerprint density at radius 3 is 2.74 bits per heavy atom. The lowest BCUT2D eigenvalue weighted by Crippen LogP contribution is -2.47. The van der Waals surface area contributed by atoms with Crippen LogP contribution in [0, 0.1) is 0 Å². The maximum Gasteiger partial charge on any atom is 0.228 e. The van der Waals surface area contributed by atoms with Gasteiger partial charge in [0.05, 0.1) is 6.10 Å². The lowest BCUT2D eigenvalue weighted by atomic mass is 10.1. The van der Waals surface area contributed by atoms with Crippen LogP contribution in [0.4, 0.5) is 0 Å². The summed E-state index contributed by atoms with van der Waals surface area (Å²) in [6.45, 7) is 9.64. The van der Waals surface area contributed by atoms with E-state index in [4.69, 9.17) is 9.26 Å². The number of aromatic nitrogens is 2. The molecule has 0 atom stereocenters. The zero-order chi connectivity index (χ0) is 16.7. The molecule has 0 bridgehead atoms. The van der Waals surface area contributed by atoms with Gasteiger partial charge in [-0.1, -0.05) is 19.0 Å². The molecule has 1 N–H and O–H groups in total. The molecular formula is C16H29N5O2. The predicted octanol–water partition coefficient (Wildman–Crippen LogP) is 1.81. The lowest BCUT2D eigenvalue weighted by molar-refractivity contribution is 0.0264. The van der Waals surface area contributed by atoms with E-state index in [-0.39, 0.29) is 0 Å². The first-order valence-corrected chi connectivity index (χ1v) is 8.53. The van der Waals surface area contributed by atoms with Crippen molar-refractivity contribution < 1.29 is 9.26 Å². The minimum atomic E-state index is 0.292. The predicted molar refractivity (Wildman–Crippen MR) is 89.7 cm³/mol. The van der Waals surface area contributed by atoms with Gasteiger partial charge in [0, 0.05) is 45.6 Å². The molecule has 2 rings (SSSR count). The molecule has 7 nitrogen and oxygen atoms in total. The molecule has 7 heteroatoms. The first kappa shape index (κ1) is 17.7. The normalized spacial score (nSPS) is 17.1. The van der Waals surface area contributed by atoms with E-state index in [0.29, 0.717) is 24.3 Å². The van der Waals surface area contributed by atoms with Crippen LogP contribution in [-0.2, 0) is 11.2 Å². The summed E-state index contributed by atoms with van der Waals surface area (Å²) in [7, 11) is 1.82. The van der Waals surface area contributed by atoms with E-state index < -0.39 is 0 Å². The minimum Gasteiger partial charge on any atom is -0.378 e. The van der Waals surface area contributed by atoms with Crippen molar-refractivity contribution in [1.82, 2.24) is 20.4 Å². The average molecular weight is 323 g/mol. The van der Waals surface area contributed by atoms with Gasteiger partial charge in [-0.2, -0.15) is 4.98 Å². The number of nitrogens with zero attached hydrogens (tertiary/aromatic N) is 4. The smallest absolute Gasteiger partial charge is 0.228 e. The van der Waals surface area contributed by atoms with Crippen molar-refractivity contribution in [3.05, 3.63) is 11.7 Å². The fourth-order valence-corrected chi connectivity index (χ4v) is 2.69. The Labute approximate surface area is 138 Å². The molecule has 0 saturated carbocycles. The molecule has 1 saturated heterocycles. The molecule has 0 spiro atoms. The number of aliphatic imine (C=N–C) groups is 1. The maximum atomic E-state index is 5.69. The van der Waals surface area contributed by atoms with Crippen molar-refractivity contribution in [2.45, 2.75) is 52.1 Å². The molecule has 1 aliphatic heterocycles. The molecule has 2 heterocycles. The first-order chi connectivity index (χ1) is 11.1. The number of rotatable bonds is 6. The van der Waals surface area contributed by atoms with Crippen LogP contribution in [0.25, 0.3) is 0 Å². The van der Waals surface area contributed by atoms with Crippen molar-refractivity contribution in [1.29, 1.82) is 0 Å². The second-order valence-corrected chi connectivity index (χ2v) is 6.07. The highest BCUT2D eigenvalue weighted by atomic mass is 16.5. The van der Waals surface area contributed by atoms with Crippen LogP contribution in [0.3, 0.4) is 0 Å². The summed E-state index contributed by atoms with van der Waals surface area (Å²) in [6.07, 6.45) is 3.20. The van der Waals surface area contributed by atoms with Gasteiger partial charge in [-0.15, -0.1) is 0 Å². The summed E-state index contributed by atoms with van der Waals surface area (Å²) in [4.78, 5) is 11.0. The van der Waals surface area contributed by atoms with Crippen molar-refractivity contribution >= 4 is 5.96 Å². The van der Waals surface area contributed by atoms with Crippen LogP contribution in [0.1, 0.15) is 51.2 Å². The van der Waals surface area contributed by atoms with Gasteiger partial charge in [-0.25, -0.2) is 0 Å². The van der Waals surface area contributed by atoms with E-state index in [9.17, 15) is 0 Å². The molecule has 23 heavy (non-hydrogen) atoms. The number of hydrogen-bond acceptors (Lipinski definition) is 5. The third-order valence-electron chi connectivity index (χ3n) is 3.98. The number of guanidine groups is 1. The van der Waals surface area contributed by atoms with Crippen LogP contribution in [0.2, 0.25) is 0 Å². The van der Waals surface area contributed by atoms with E-state index in [2.05, 4.69) is 46.1 Å². The molecule has 130 valence electrons. The van der Waals surface area contributed by atoms with Gasteiger partial charge in [0.1, 0.15) is 0 Å². The van der Waals surface area contributed by atoms with E-state index in [1.54, 1.807) is 0 Å². The summed E-state index contributed by atoms with van der Waals surface area (Å²) < 4.78 is 10.9. The van der Waals surface area contributed by atoms with Crippen LogP contribution in [-0.4, -0.2) is 60.4 Å². The summed E-state index contributed by atoms with van der Waals surface area (Å²) in [5.74, 6) is 2.66. The van der Waals surface area contributed by atoms with Gasteiger partial charge >= 0.3 is 0 Å². The van der Waals surface area contributed by atoms with Gasteiger partial charge in [0.2, 0.25) is 5.89 Å². The second-order valence-electron chi connectivity index (χ2n) is 6.07. The van der Waals surface area contributed by atoms with Crippen molar-refractivity contribution in [2.24, 2.45) is 4.99 Å². The quantitative estimate of drug-likeness (QED) is 0.635. The first-order valence-electron chi connectivity index (χ1n) is 8.53. The minimum absolute atomic E-state index is 0.292. The highest BCUT2D eigenvalue weighted by Crippen LogP contribution is 2.14. The van der Waals surface area contributed by atoms with E-state index in [0.717, 1.165) is 50.9 Å². The number of ether oxygens (including phenoxy) is 1. The van der Waals surface area contributed by atoms with Gasteiger partial charge in [0.15, 0.2) is 11.8 Å². The summed E-state index contributed by atoms with van der Waals surface area (Å²) in [5, 5.41) is 7.36.